The lowest BCUT2D eigenvalue weighted by Crippen LogP contribution is -2.44. The van der Waals surface area contributed by atoms with E-state index in [1.165, 1.54) is 5.56 Å². The van der Waals surface area contributed by atoms with Gasteiger partial charge in [-0.15, -0.1) is 0 Å². The number of hydrogen-bond donors (Lipinski definition) is 0. The molecular weight excluding hydrogens is 418 g/mol. The highest BCUT2D eigenvalue weighted by Crippen LogP contribution is 2.12. The van der Waals surface area contributed by atoms with Gasteiger partial charge in [0, 0.05) is 58.4 Å². The Hall–Kier alpha value is -2.64. The van der Waals surface area contributed by atoms with Gasteiger partial charge in [0.2, 0.25) is 5.91 Å². The summed E-state index contributed by atoms with van der Waals surface area (Å²) >= 11 is 0. The zero-order chi connectivity index (χ0) is 24.1. The summed E-state index contributed by atoms with van der Waals surface area (Å²) in [5.74, 6) is -0.231. The van der Waals surface area contributed by atoms with Gasteiger partial charge in [0.1, 0.15) is 6.54 Å². The van der Waals surface area contributed by atoms with E-state index in [4.69, 9.17) is 9.47 Å². The van der Waals surface area contributed by atoms with Crippen LogP contribution in [0.5, 0.6) is 0 Å². The number of carbonyl (C=O) groups is 2. The zero-order valence-corrected chi connectivity index (χ0v) is 20.6. The molecule has 7 nitrogen and oxygen atoms in total. The first-order valence-corrected chi connectivity index (χ1v) is 11.7. The normalized spacial score (nSPS) is 10.9. The molecule has 1 aromatic carbocycles. The minimum atomic E-state index is -0.132. The fraction of sp³-hybridized carbons (Fsp3) is 0.538. The Morgan fingerprint density at radius 1 is 0.939 bits per heavy atom. The van der Waals surface area contributed by atoms with Gasteiger partial charge in [-0.2, -0.15) is 0 Å². The number of aryl methyl sites for hydroxylation is 2. The highest BCUT2D eigenvalue weighted by Gasteiger charge is 2.23. The molecule has 0 aliphatic heterocycles. The minimum absolute atomic E-state index is 0.0221. The van der Waals surface area contributed by atoms with Crippen molar-refractivity contribution in [1.29, 1.82) is 0 Å². The lowest BCUT2D eigenvalue weighted by molar-refractivity contribution is -0.133. The van der Waals surface area contributed by atoms with E-state index in [2.05, 4.69) is 6.92 Å². The molecule has 1 heterocycles. The van der Waals surface area contributed by atoms with E-state index in [0.717, 1.165) is 25.0 Å². The van der Waals surface area contributed by atoms with Crippen LogP contribution in [0.15, 0.2) is 42.6 Å². The van der Waals surface area contributed by atoms with Gasteiger partial charge in [-0.1, -0.05) is 25.5 Å². The molecule has 0 N–H and O–H groups in total. The number of benzene rings is 1. The Labute approximate surface area is 198 Å². The van der Waals surface area contributed by atoms with Gasteiger partial charge in [-0.25, -0.2) is 0 Å². The van der Waals surface area contributed by atoms with Crippen LogP contribution < -0.4 is 0 Å². The average Bonchev–Trinajstić information content (AvgIpc) is 3.23. The molecule has 33 heavy (non-hydrogen) atoms. The van der Waals surface area contributed by atoms with Crippen LogP contribution in [0.1, 0.15) is 47.8 Å². The Morgan fingerprint density at radius 2 is 1.67 bits per heavy atom. The van der Waals surface area contributed by atoms with Crippen molar-refractivity contribution in [1.82, 2.24) is 14.4 Å². The fourth-order valence-corrected chi connectivity index (χ4v) is 3.64. The Bertz CT molecular complexity index is 847. The predicted molar refractivity (Wildman–Crippen MR) is 130 cm³/mol. The summed E-state index contributed by atoms with van der Waals surface area (Å²) in [5, 5.41) is 0. The number of amides is 2. The number of unbranched alkanes of at least 4 members (excludes halogenated alkanes) is 1. The van der Waals surface area contributed by atoms with Gasteiger partial charge in [-0.05, 0) is 49.1 Å². The van der Waals surface area contributed by atoms with Crippen molar-refractivity contribution in [3.05, 3.63) is 59.4 Å². The second-order valence-electron chi connectivity index (χ2n) is 8.29. The third-order valence-corrected chi connectivity index (χ3v) is 5.73. The van der Waals surface area contributed by atoms with Crippen molar-refractivity contribution >= 4 is 11.8 Å². The predicted octanol–water partition coefficient (Wildman–Crippen LogP) is 3.52. The molecule has 0 aliphatic rings. The van der Waals surface area contributed by atoms with Crippen molar-refractivity contribution in [2.24, 2.45) is 7.05 Å². The van der Waals surface area contributed by atoms with Crippen LogP contribution in [0.3, 0.4) is 0 Å². The smallest absolute Gasteiger partial charge is 0.254 e. The first-order valence-electron chi connectivity index (χ1n) is 11.7. The molecular formula is C26H39N3O4. The largest absolute Gasteiger partial charge is 0.385 e. The molecule has 0 atom stereocenters. The van der Waals surface area contributed by atoms with Crippen LogP contribution in [0.4, 0.5) is 0 Å². The molecule has 0 radical (unpaired) electrons. The van der Waals surface area contributed by atoms with E-state index in [1.54, 1.807) is 24.0 Å². The number of nitrogens with zero attached hydrogens (tertiary/aromatic N) is 3. The summed E-state index contributed by atoms with van der Waals surface area (Å²) in [6.07, 6.45) is 5.90. The minimum Gasteiger partial charge on any atom is -0.385 e. The van der Waals surface area contributed by atoms with E-state index in [9.17, 15) is 9.59 Å². The first kappa shape index (κ1) is 26.6. The van der Waals surface area contributed by atoms with Crippen LogP contribution in [0.25, 0.3) is 0 Å². The molecule has 2 rings (SSSR count). The molecule has 2 amide bonds. The number of hydrogen-bond acceptors (Lipinski definition) is 4. The van der Waals surface area contributed by atoms with Gasteiger partial charge in [0.25, 0.3) is 5.91 Å². The van der Waals surface area contributed by atoms with E-state index in [1.807, 2.05) is 54.2 Å². The molecule has 0 spiro atoms. The number of carbonyl (C=O) groups excluding carboxylic acids is 2. The van der Waals surface area contributed by atoms with E-state index in [0.29, 0.717) is 44.8 Å². The average molecular weight is 458 g/mol. The maximum absolute atomic E-state index is 13.3. The molecule has 182 valence electrons. The maximum atomic E-state index is 13.3. The summed E-state index contributed by atoms with van der Waals surface area (Å²) in [5.41, 5.74) is 2.86. The fourth-order valence-electron chi connectivity index (χ4n) is 3.64. The quantitative estimate of drug-likeness (QED) is 0.384. The van der Waals surface area contributed by atoms with Gasteiger partial charge in [-0.3, -0.25) is 9.59 Å². The lowest BCUT2D eigenvalue weighted by Gasteiger charge is -2.28. The highest BCUT2D eigenvalue weighted by atomic mass is 16.5. The van der Waals surface area contributed by atoms with Crippen molar-refractivity contribution < 1.29 is 19.1 Å². The lowest BCUT2D eigenvalue weighted by atomic mass is 10.1. The molecule has 7 heteroatoms. The third kappa shape index (κ3) is 8.67. The molecule has 0 unspecified atom stereocenters. The molecule has 0 fully saturated rings. The second kappa shape index (κ2) is 14.5. The Balaban J connectivity index is 2.13. The van der Waals surface area contributed by atoms with Crippen molar-refractivity contribution in [2.75, 3.05) is 47.1 Å². The summed E-state index contributed by atoms with van der Waals surface area (Å²) in [6.45, 7) is 4.55. The van der Waals surface area contributed by atoms with Crippen LogP contribution >= 0.6 is 0 Å². The number of ether oxygens (including phenoxy) is 2. The standard InChI is InChI=1S/C26H39N3O4/c1-5-6-9-22-11-13-23(14-12-22)26(31)29(16-8-18-32-3)21-25(30)28(17-19-33-4)20-24-10-7-15-27(24)2/h7,10-15H,5-6,8-9,16-21H2,1-4H3. The van der Waals surface area contributed by atoms with Gasteiger partial charge in [0.05, 0.1) is 13.2 Å². The molecule has 2 aromatic rings. The van der Waals surface area contributed by atoms with Gasteiger partial charge >= 0.3 is 0 Å². The third-order valence-electron chi connectivity index (χ3n) is 5.73. The molecule has 0 saturated heterocycles. The zero-order valence-electron chi connectivity index (χ0n) is 20.6. The first-order chi connectivity index (χ1) is 16.0. The van der Waals surface area contributed by atoms with E-state index in [-0.39, 0.29) is 18.4 Å². The maximum Gasteiger partial charge on any atom is 0.254 e. The van der Waals surface area contributed by atoms with Crippen molar-refractivity contribution in [3.8, 4) is 0 Å². The second-order valence-corrected chi connectivity index (χ2v) is 8.29. The van der Waals surface area contributed by atoms with Crippen LogP contribution in [0, 0.1) is 0 Å². The van der Waals surface area contributed by atoms with Gasteiger partial charge in [0.15, 0.2) is 0 Å². The van der Waals surface area contributed by atoms with Crippen LogP contribution in [-0.4, -0.2) is 73.2 Å². The monoisotopic (exact) mass is 457 g/mol. The Kier molecular flexibility index (Phi) is 11.7. The molecule has 0 aliphatic carbocycles. The summed E-state index contributed by atoms with van der Waals surface area (Å²) < 4.78 is 12.4. The number of aromatic nitrogens is 1. The molecule has 1 aromatic heterocycles. The SMILES string of the molecule is CCCCc1ccc(C(=O)N(CCCOC)CC(=O)N(CCOC)Cc2cccn2C)cc1. The van der Waals surface area contributed by atoms with Crippen molar-refractivity contribution in [2.45, 2.75) is 39.2 Å². The summed E-state index contributed by atoms with van der Waals surface area (Å²) in [7, 11) is 5.22. The van der Waals surface area contributed by atoms with Gasteiger partial charge < -0.3 is 23.8 Å². The summed E-state index contributed by atoms with van der Waals surface area (Å²) in [6, 6.07) is 11.7. The van der Waals surface area contributed by atoms with Crippen molar-refractivity contribution in [3.63, 3.8) is 0 Å². The van der Waals surface area contributed by atoms with E-state index < -0.39 is 0 Å². The molecule has 0 saturated carbocycles. The Morgan fingerprint density at radius 3 is 2.27 bits per heavy atom. The number of methoxy groups -OCH3 is 2. The number of rotatable bonds is 15. The van der Waals surface area contributed by atoms with E-state index >= 15 is 0 Å². The highest BCUT2D eigenvalue weighted by molar-refractivity contribution is 5.96. The molecule has 0 bridgehead atoms. The van der Waals surface area contributed by atoms with Crippen LogP contribution in [0.2, 0.25) is 0 Å². The summed E-state index contributed by atoms with van der Waals surface area (Å²) in [4.78, 5) is 30.0. The van der Waals surface area contributed by atoms with Crippen LogP contribution in [-0.2, 0) is 34.3 Å². The topological polar surface area (TPSA) is 64.0 Å².